The van der Waals surface area contributed by atoms with Gasteiger partial charge >= 0.3 is 6.09 Å². The monoisotopic (exact) mass is 509 g/mol. The van der Waals surface area contributed by atoms with Gasteiger partial charge in [0.05, 0.1) is 0 Å². The summed E-state index contributed by atoms with van der Waals surface area (Å²) in [6, 6.07) is 6.27. The van der Waals surface area contributed by atoms with Crippen molar-refractivity contribution in [3.63, 3.8) is 0 Å². The summed E-state index contributed by atoms with van der Waals surface area (Å²) in [7, 11) is 1.48. The van der Waals surface area contributed by atoms with Gasteiger partial charge in [-0.2, -0.15) is 0 Å². The molecule has 5 heterocycles. The Balaban J connectivity index is 1.03. The molecule has 0 N–H and O–H groups in total. The number of nitrogens with zero attached hydrogens (tertiary/aromatic N) is 5. The Kier molecular flexibility index (Phi) is 6.30. The first kappa shape index (κ1) is 24.2. The lowest BCUT2D eigenvalue weighted by Gasteiger charge is -2.36. The van der Waals surface area contributed by atoms with E-state index in [1.165, 1.54) is 26.3 Å². The fraction of sp³-hybridized carbons (Fsp3) is 0.630. The highest BCUT2D eigenvalue weighted by Crippen LogP contribution is 2.33. The van der Waals surface area contributed by atoms with Crippen molar-refractivity contribution < 1.29 is 23.9 Å². The largest absolute Gasteiger partial charge is 0.448 e. The van der Waals surface area contributed by atoms with Gasteiger partial charge in [0.25, 0.3) is 11.8 Å². The lowest BCUT2D eigenvalue weighted by Crippen LogP contribution is -2.53. The van der Waals surface area contributed by atoms with E-state index in [1.807, 2.05) is 18.2 Å². The minimum atomic E-state index is -0.596. The van der Waals surface area contributed by atoms with Crippen LogP contribution in [0.5, 0.6) is 0 Å². The molecule has 4 amide bonds. The molecule has 0 aromatic heterocycles. The smallest absolute Gasteiger partial charge is 0.409 e. The van der Waals surface area contributed by atoms with Crippen LogP contribution in [0.15, 0.2) is 18.2 Å². The summed E-state index contributed by atoms with van der Waals surface area (Å²) in [4.78, 5) is 59.5. The summed E-state index contributed by atoms with van der Waals surface area (Å²) in [5, 5.41) is 0. The van der Waals surface area contributed by atoms with Gasteiger partial charge in [0.1, 0.15) is 12.6 Å². The molecular weight excluding hydrogens is 474 g/mol. The molecule has 3 atom stereocenters. The molecule has 0 bridgehead atoms. The Hall–Kier alpha value is -3.14. The minimum absolute atomic E-state index is 0.155. The Bertz CT molecular complexity index is 1120. The van der Waals surface area contributed by atoms with Crippen molar-refractivity contribution >= 4 is 29.5 Å². The summed E-state index contributed by atoms with van der Waals surface area (Å²) in [5.74, 6) is -0.666. The Morgan fingerprint density at radius 2 is 1.81 bits per heavy atom. The summed E-state index contributed by atoms with van der Waals surface area (Å²) in [6.07, 6.45) is 5.28. The molecule has 5 aliphatic rings. The standard InChI is InChI=1S/C27H35N5O5/c1-28-24(33)9-8-23(26(28)35)32-16-18-15-20(6-7-22(18)25(32)34)29-11-13-30(14-12-29)27(36)37-17-21-5-4-19-3-2-10-31(19)21/h6-7,15,19,21,23H,2-5,8-14,16-17H2,1H3. The van der Waals surface area contributed by atoms with Gasteiger partial charge in [-0.25, -0.2) is 4.79 Å². The second-order valence-electron chi connectivity index (χ2n) is 10.9. The molecule has 198 valence electrons. The number of likely N-dealkylation sites (tertiary alicyclic amines) is 1. The van der Waals surface area contributed by atoms with Crippen LogP contribution in [0.4, 0.5) is 10.5 Å². The number of benzene rings is 1. The van der Waals surface area contributed by atoms with Crippen LogP contribution in [0.3, 0.4) is 0 Å². The molecule has 4 saturated heterocycles. The molecule has 6 rings (SSSR count). The molecule has 3 unspecified atom stereocenters. The molecule has 10 heteroatoms. The van der Waals surface area contributed by atoms with Crippen LogP contribution >= 0.6 is 0 Å². The molecule has 1 aromatic carbocycles. The summed E-state index contributed by atoms with van der Waals surface area (Å²) >= 11 is 0. The first-order valence-corrected chi connectivity index (χ1v) is 13.6. The zero-order valence-electron chi connectivity index (χ0n) is 21.4. The van der Waals surface area contributed by atoms with E-state index in [4.69, 9.17) is 4.74 Å². The number of hydrogen-bond donors (Lipinski definition) is 0. The minimum Gasteiger partial charge on any atom is -0.448 e. The highest BCUT2D eigenvalue weighted by Gasteiger charge is 2.42. The van der Waals surface area contributed by atoms with E-state index >= 15 is 0 Å². The number of anilines is 1. The average molecular weight is 510 g/mol. The van der Waals surface area contributed by atoms with E-state index in [-0.39, 0.29) is 30.2 Å². The Morgan fingerprint density at radius 1 is 1.00 bits per heavy atom. The number of carbonyl (C=O) groups excluding carboxylic acids is 4. The molecule has 37 heavy (non-hydrogen) atoms. The van der Waals surface area contributed by atoms with Crippen molar-refractivity contribution in [2.75, 3.05) is 51.3 Å². The van der Waals surface area contributed by atoms with E-state index in [1.54, 1.807) is 9.80 Å². The number of carbonyl (C=O) groups is 4. The van der Waals surface area contributed by atoms with Crippen LogP contribution < -0.4 is 4.90 Å². The average Bonchev–Trinajstić information content (AvgIpc) is 3.61. The summed E-state index contributed by atoms with van der Waals surface area (Å²) in [6.45, 7) is 4.55. The first-order chi connectivity index (χ1) is 17.9. The number of piperidine rings is 1. The topological polar surface area (TPSA) is 93.7 Å². The molecule has 10 nitrogen and oxygen atoms in total. The molecule has 4 fully saturated rings. The number of piperazine rings is 1. The fourth-order valence-corrected chi connectivity index (χ4v) is 6.75. The molecule has 0 radical (unpaired) electrons. The van der Waals surface area contributed by atoms with Crippen LogP contribution in [0, 0.1) is 0 Å². The normalized spacial score (nSPS) is 28.2. The first-order valence-electron chi connectivity index (χ1n) is 13.6. The highest BCUT2D eigenvalue weighted by atomic mass is 16.6. The van der Waals surface area contributed by atoms with E-state index in [2.05, 4.69) is 9.80 Å². The predicted octanol–water partition coefficient (Wildman–Crippen LogP) is 1.68. The maximum atomic E-state index is 13.0. The van der Waals surface area contributed by atoms with Gasteiger partial charge in [-0.15, -0.1) is 0 Å². The van der Waals surface area contributed by atoms with Gasteiger partial charge in [0.2, 0.25) is 5.91 Å². The maximum absolute atomic E-state index is 13.0. The van der Waals surface area contributed by atoms with Gasteiger partial charge in [-0.1, -0.05) is 0 Å². The van der Waals surface area contributed by atoms with Crippen molar-refractivity contribution in [1.29, 1.82) is 0 Å². The molecular formula is C27H35N5O5. The number of rotatable bonds is 4. The van der Waals surface area contributed by atoms with Crippen molar-refractivity contribution in [2.45, 2.75) is 63.2 Å². The van der Waals surface area contributed by atoms with Gasteiger partial charge in [0, 0.05) is 69.5 Å². The van der Waals surface area contributed by atoms with Gasteiger partial charge in [-0.3, -0.25) is 24.2 Å². The molecule has 0 aliphatic carbocycles. The van der Waals surface area contributed by atoms with Gasteiger partial charge in [-0.05, 0) is 62.4 Å². The number of amides is 4. The number of likely N-dealkylation sites (N-methyl/N-ethyl adjacent to an activating group) is 1. The van der Waals surface area contributed by atoms with Crippen LogP contribution in [-0.2, 0) is 20.9 Å². The van der Waals surface area contributed by atoms with Crippen molar-refractivity contribution in [3.8, 4) is 0 Å². The van der Waals surface area contributed by atoms with E-state index < -0.39 is 6.04 Å². The van der Waals surface area contributed by atoms with E-state index in [0.717, 1.165) is 29.1 Å². The van der Waals surface area contributed by atoms with Crippen LogP contribution in [0.2, 0.25) is 0 Å². The fourth-order valence-electron chi connectivity index (χ4n) is 6.75. The Labute approximate surface area is 217 Å². The second kappa shape index (κ2) is 9.63. The SMILES string of the molecule is CN1C(=O)CCC(N2Cc3cc(N4CCN(C(=O)OCC5CCC6CCCN65)CC4)ccc3C2=O)C1=O. The zero-order chi connectivity index (χ0) is 25.7. The van der Waals surface area contributed by atoms with Crippen LogP contribution in [-0.4, -0.2) is 108 Å². The second-order valence-corrected chi connectivity index (χ2v) is 10.9. The molecule has 0 saturated carbocycles. The third kappa shape index (κ3) is 4.35. The third-order valence-electron chi connectivity index (χ3n) is 8.95. The molecule has 0 spiro atoms. The predicted molar refractivity (Wildman–Crippen MR) is 135 cm³/mol. The lowest BCUT2D eigenvalue weighted by atomic mass is 10.0. The Morgan fingerprint density at radius 3 is 2.62 bits per heavy atom. The van der Waals surface area contributed by atoms with Crippen LogP contribution in [0.25, 0.3) is 0 Å². The number of ether oxygens (including phenoxy) is 1. The highest BCUT2D eigenvalue weighted by molar-refractivity contribution is 6.05. The van der Waals surface area contributed by atoms with Crippen molar-refractivity contribution in [3.05, 3.63) is 29.3 Å². The van der Waals surface area contributed by atoms with Crippen molar-refractivity contribution in [2.24, 2.45) is 0 Å². The van der Waals surface area contributed by atoms with Crippen LogP contribution in [0.1, 0.15) is 54.4 Å². The molecule has 5 aliphatic heterocycles. The number of imide groups is 1. The lowest BCUT2D eigenvalue weighted by molar-refractivity contribution is -0.150. The number of fused-ring (bicyclic) bond motifs is 2. The molecule has 1 aromatic rings. The number of hydrogen-bond acceptors (Lipinski definition) is 7. The zero-order valence-corrected chi connectivity index (χ0v) is 21.4. The van der Waals surface area contributed by atoms with E-state index in [0.29, 0.717) is 63.4 Å². The van der Waals surface area contributed by atoms with Gasteiger partial charge in [0.15, 0.2) is 0 Å². The summed E-state index contributed by atoms with van der Waals surface area (Å²) < 4.78 is 5.71. The van der Waals surface area contributed by atoms with Crippen molar-refractivity contribution in [1.82, 2.24) is 19.6 Å². The maximum Gasteiger partial charge on any atom is 0.409 e. The summed E-state index contributed by atoms with van der Waals surface area (Å²) in [5.41, 5.74) is 2.52. The van der Waals surface area contributed by atoms with Gasteiger partial charge < -0.3 is 19.4 Å². The quantitative estimate of drug-likeness (QED) is 0.570. The third-order valence-corrected chi connectivity index (χ3v) is 8.95. The van der Waals surface area contributed by atoms with E-state index in [9.17, 15) is 19.2 Å².